The average molecular weight is 272 g/mol. The number of anilines is 2. The Morgan fingerprint density at radius 2 is 1.70 bits per heavy atom. The fraction of sp³-hybridized carbons (Fsp3) is 0.294. The van der Waals surface area contributed by atoms with Gasteiger partial charge in [-0.05, 0) is 43.2 Å². The third-order valence-electron chi connectivity index (χ3n) is 3.53. The summed E-state index contributed by atoms with van der Waals surface area (Å²) in [6.45, 7) is 4.79. The van der Waals surface area contributed by atoms with Gasteiger partial charge in [0, 0.05) is 18.3 Å². The lowest BCUT2D eigenvalue weighted by Crippen LogP contribution is -2.17. The second-order valence-electron chi connectivity index (χ2n) is 4.80. The molecule has 106 valence electrons. The van der Waals surface area contributed by atoms with E-state index < -0.39 is 0 Å². The molecule has 2 aromatic rings. The molecule has 0 aliphatic heterocycles. The maximum atomic E-state index is 13.9. The smallest absolute Gasteiger partial charge is 0.146 e. The van der Waals surface area contributed by atoms with E-state index in [9.17, 15) is 4.39 Å². The van der Waals surface area contributed by atoms with E-state index in [4.69, 9.17) is 5.73 Å². The first-order valence-corrected chi connectivity index (χ1v) is 7.05. The van der Waals surface area contributed by atoms with Gasteiger partial charge in [0.05, 0.1) is 5.69 Å². The summed E-state index contributed by atoms with van der Waals surface area (Å²) in [4.78, 5) is 1.95. The van der Waals surface area contributed by atoms with Crippen LogP contribution in [0.4, 0.5) is 15.8 Å². The monoisotopic (exact) mass is 272 g/mol. The van der Waals surface area contributed by atoms with E-state index in [1.165, 1.54) is 6.07 Å². The molecule has 20 heavy (non-hydrogen) atoms. The summed E-state index contributed by atoms with van der Waals surface area (Å²) in [6.07, 6.45) is 0.907. The van der Waals surface area contributed by atoms with Crippen molar-refractivity contribution in [2.75, 3.05) is 11.4 Å². The van der Waals surface area contributed by atoms with E-state index >= 15 is 0 Å². The van der Waals surface area contributed by atoms with Crippen molar-refractivity contribution in [2.45, 2.75) is 26.3 Å². The van der Waals surface area contributed by atoms with Crippen LogP contribution in [0.25, 0.3) is 0 Å². The SMILES string of the molecule is CC[C@@H](N)c1ccc(N(CC)c2ccccc2F)cc1. The van der Waals surface area contributed by atoms with Crippen molar-refractivity contribution in [2.24, 2.45) is 5.73 Å². The van der Waals surface area contributed by atoms with Crippen LogP contribution in [0.1, 0.15) is 31.9 Å². The summed E-state index contributed by atoms with van der Waals surface area (Å²) in [5.41, 5.74) is 8.70. The molecule has 0 fully saturated rings. The maximum Gasteiger partial charge on any atom is 0.146 e. The highest BCUT2D eigenvalue weighted by Gasteiger charge is 2.12. The van der Waals surface area contributed by atoms with Gasteiger partial charge in [-0.2, -0.15) is 0 Å². The molecule has 0 radical (unpaired) electrons. The van der Waals surface area contributed by atoms with Crippen LogP contribution in [0.5, 0.6) is 0 Å². The fourth-order valence-electron chi connectivity index (χ4n) is 2.30. The number of rotatable bonds is 5. The molecule has 0 unspecified atom stereocenters. The number of nitrogens with zero attached hydrogens (tertiary/aromatic N) is 1. The predicted molar refractivity (Wildman–Crippen MR) is 82.7 cm³/mol. The van der Waals surface area contributed by atoms with Crippen molar-refractivity contribution in [3.05, 3.63) is 59.9 Å². The van der Waals surface area contributed by atoms with Crippen LogP contribution in [0.3, 0.4) is 0 Å². The normalized spacial score (nSPS) is 12.2. The van der Waals surface area contributed by atoms with E-state index in [2.05, 4.69) is 6.92 Å². The van der Waals surface area contributed by atoms with Gasteiger partial charge in [0.15, 0.2) is 0 Å². The minimum absolute atomic E-state index is 0.0626. The summed E-state index contributed by atoms with van der Waals surface area (Å²) in [5, 5.41) is 0. The Hall–Kier alpha value is -1.87. The standard InChI is InChI=1S/C17H21FN2/c1-3-16(19)13-9-11-14(12-10-13)20(4-2)17-8-6-5-7-15(17)18/h5-12,16H,3-4,19H2,1-2H3/t16-/m1/s1. The van der Waals surface area contributed by atoms with Crippen LogP contribution >= 0.6 is 0 Å². The zero-order valence-electron chi connectivity index (χ0n) is 12.0. The molecule has 0 heterocycles. The first kappa shape index (κ1) is 14.5. The third-order valence-corrected chi connectivity index (χ3v) is 3.53. The Morgan fingerprint density at radius 1 is 1.05 bits per heavy atom. The van der Waals surface area contributed by atoms with Crippen molar-refractivity contribution < 1.29 is 4.39 Å². The minimum Gasteiger partial charge on any atom is -0.339 e. The molecule has 1 atom stereocenters. The molecule has 3 heteroatoms. The summed E-state index contributed by atoms with van der Waals surface area (Å²) in [7, 11) is 0. The largest absolute Gasteiger partial charge is 0.339 e. The Balaban J connectivity index is 2.31. The van der Waals surface area contributed by atoms with Gasteiger partial charge in [-0.1, -0.05) is 31.2 Å². The van der Waals surface area contributed by atoms with Gasteiger partial charge in [-0.3, -0.25) is 0 Å². The van der Waals surface area contributed by atoms with E-state index in [1.54, 1.807) is 12.1 Å². The Morgan fingerprint density at radius 3 is 2.25 bits per heavy atom. The van der Waals surface area contributed by atoms with Gasteiger partial charge in [0.1, 0.15) is 5.82 Å². The predicted octanol–water partition coefficient (Wildman–Crippen LogP) is 4.39. The van der Waals surface area contributed by atoms with Gasteiger partial charge >= 0.3 is 0 Å². The van der Waals surface area contributed by atoms with Crippen LogP contribution in [0.2, 0.25) is 0 Å². The number of hydrogen-bond acceptors (Lipinski definition) is 2. The van der Waals surface area contributed by atoms with Crippen molar-refractivity contribution in [3.63, 3.8) is 0 Å². The van der Waals surface area contributed by atoms with Crippen molar-refractivity contribution >= 4 is 11.4 Å². The lowest BCUT2D eigenvalue weighted by atomic mass is 10.0. The van der Waals surface area contributed by atoms with Gasteiger partial charge in [-0.25, -0.2) is 4.39 Å². The average Bonchev–Trinajstić information content (AvgIpc) is 2.50. The lowest BCUT2D eigenvalue weighted by molar-refractivity contribution is 0.625. The van der Waals surface area contributed by atoms with Crippen LogP contribution < -0.4 is 10.6 Å². The molecule has 2 aromatic carbocycles. The summed E-state index contributed by atoms with van der Waals surface area (Å²) in [5.74, 6) is -0.205. The maximum absolute atomic E-state index is 13.9. The molecular formula is C17H21FN2. The highest BCUT2D eigenvalue weighted by molar-refractivity contribution is 5.63. The molecule has 0 aliphatic rings. The second kappa shape index (κ2) is 6.53. The van der Waals surface area contributed by atoms with Crippen LogP contribution in [-0.4, -0.2) is 6.54 Å². The Kier molecular flexibility index (Phi) is 4.74. The summed E-state index contributed by atoms with van der Waals surface area (Å²) < 4.78 is 13.9. The highest BCUT2D eigenvalue weighted by Crippen LogP contribution is 2.28. The first-order chi connectivity index (χ1) is 9.67. The molecule has 0 aromatic heterocycles. The van der Waals surface area contributed by atoms with Crippen LogP contribution in [-0.2, 0) is 0 Å². The van der Waals surface area contributed by atoms with Gasteiger partial charge < -0.3 is 10.6 Å². The summed E-state index contributed by atoms with van der Waals surface area (Å²) >= 11 is 0. The quantitative estimate of drug-likeness (QED) is 0.874. The molecule has 0 spiro atoms. The number of benzene rings is 2. The third kappa shape index (κ3) is 2.99. The lowest BCUT2D eigenvalue weighted by Gasteiger charge is -2.24. The van der Waals surface area contributed by atoms with Gasteiger partial charge in [0.2, 0.25) is 0 Å². The van der Waals surface area contributed by atoms with Crippen molar-refractivity contribution in [1.29, 1.82) is 0 Å². The zero-order valence-corrected chi connectivity index (χ0v) is 12.0. The number of halogens is 1. The number of para-hydroxylation sites is 1. The minimum atomic E-state index is -0.205. The van der Waals surface area contributed by atoms with Crippen molar-refractivity contribution in [1.82, 2.24) is 0 Å². The molecular weight excluding hydrogens is 251 g/mol. The fourth-order valence-corrected chi connectivity index (χ4v) is 2.30. The van der Waals surface area contributed by atoms with Crippen LogP contribution in [0.15, 0.2) is 48.5 Å². The molecule has 0 aliphatic carbocycles. The molecule has 0 saturated carbocycles. The topological polar surface area (TPSA) is 29.3 Å². The molecule has 0 bridgehead atoms. The van der Waals surface area contributed by atoms with Gasteiger partial charge in [-0.15, -0.1) is 0 Å². The van der Waals surface area contributed by atoms with E-state index in [-0.39, 0.29) is 11.9 Å². The van der Waals surface area contributed by atoms with E-state index in [0.717, 1.165) is 17.7 Å². The Labute approximate surface area is 120 Å². The van der Waals surface area contributed by atoms with Crippen molar-refractivity contribution in [3.8, 4) is 0 Å². The van der Waals surface area contributed by atoms with E-state index in [1.807, 2.05) is 42.2 Å². The second-order valence-corrected chi connectivity index (χ2v) is 4.80. The zero-order chi connectivity index (χ0) is 14.5. The summed E-state index contributed by atoms with van der Waals surface area (Å²) in [6, 6.07) is 14.9. The number of hydrogen-bond donors (Lipinski definition) is 1. The first-order valence-electron chi connectivity index (χ1n) is 7.05. The molecule has 2 nitrogen and oxygen atoms in total. The van der Waals surface area contributed by atoms with Gasteiger partial charge in [0.25, 0.3) is 0 Å². The number of nitrogens with two attached hydrogens (primary N) is 1. The molecule has 0 saturated heterocycles. The molecule has 2 rings (SSSR count). The van der Waals surface area contributed by atoms with Crippen LogP contribution in [0, 0.1) is 5.82 Å². The Bertz CT molecular complexity index is 551. The van der Waals surface area contributed by atoms with E-state index in [0.29, 0.717) is 12.2 Å². The highest BCUT2D eigenvalue weighted by atomic mass is 19.1. The molecule has 0 amide bonds. The molecule has 2 N–H and O–H groups in total.